The Kier molecular flexibility index (Phi) is 10.6. The number of hydrogen-bond donors (Lipinski definition) is 0. The Bertz CT molecular complexity index is 1600. The van der Waals surface area contributed by atoms with E-state index in [2.05, 4.69) is 15.5 Å². The van der Waals surface area contributed by atoms with Crippen LogP contribution in [-0.4, -0.2) is 113 Å². The Morgan fingerprint density at radius 2 is 1.80 bits per heavy atom. The molecule has 3 fully saturated rings. The predicted octanol–water partition coefficient (Wildman–Crippen LogP) is 4.56. The van der Waals surface area contributed by atoms with E-state index in [0.29, 0.717) is 38.8 Å². The van der Waals surface area contributed by atoms with Gasteiger partial charge in [-0.05, 0) is 59.6 Å². The first-order valence-electron chi connectivity index (χ1n) is 17.0. The minimum Gasteiger partial charge on any atom is -0.467 e. The molecule has 5 heterocycles. The fourth-order valence-corrected chi connectivity index (χ4v) is 6.91. The lowest BCUT2D eigenvalue weighted by Gasteiger charge is -2.51. The largest absolute Gasteiger partial charge is 0.467 e. The molecule has 51 heavy (non-hydrogen) atoms. The molecule has 1 amide bonds. The fraction of sp³-hybridized carbons (Fsp3) is 0.676. The van der Waals surface area contributed by atoms with Crippen molar-refractivity contribution >= 4 is 17.8 Å². The number of esters is 1. The Hall–Kier alpha value is -3.80. The quantitative estimate of drug-likeness (QED) is 0.279. The number of piperidine rings is 1. The molecule has 1 aromatic carbocycles. The third-order valence-corrected chi connectivity index (χ3v) is 9.36. The molecule has 4 aliphatic heterocycles. The highest BCUT2D eigenvalue weighted by molar-refractivity contribution is 5.88. The standard InChI is InChI=1S/C34H44F3N5O9/c1-33(2,3)50-32(44)41-9-7-18(8-10-41)23-13-20(51-39-23)14-25-30(46-17-27(43)45-6)29(31-26(48-25)16-47-34(4,5)49-31)42-15-24(38-40-42)19-11-21(35)28(37)22(36)12-19/h11-12,15,18,20,25-26,29-31H,7-10,13-14,16-17H2,1-6H3/t20?,25-,26-,29-,30+,31+/m1/s1. The zero-order valence-corrected chi connectivity index (χ0v) is 29.5. The van der Waals surface area contributed by atoms with Crippen LogP contribution in [0.15, 0.2) is 23.5 Å². The Balaban J connectivity index is 1.21. The van der Waals surface area contributed by atoms with Gasteiger partial charge in [-0.2, -0.15) is 0 Å². The summed E-state index contributed by atoms with van der Waals surface area (Å²) < 4.78 is 78.8. The van der Waals surface area contributed by atoms with Gasteiger partial charge in [0.25, 0.3) is 0 Å². The third-order valence-electron chi connectivity index (χ3n) is 9.36. The van der Waals surface area contributed by atoms with Gasteiger partial charge in [0.1, 0.15) is 48.4 Å². The highest BCUT2D eigenvalue weighted by Gasteiger charge is 2.54. The maximum Gasteiger partial charge on any atom is 0.410 e. The second-order valence-electron chi connectivity index (χ2n) is 14.7. The molecule has 14 nitrogen and oxygen atoms in total. The summed E-state index contributed by atoms with van der Waals surface area (Å²) in [5, 5.41) is 12.8. The van der Waals surface area contributed by atoms with Gasteiger partial charge in [-0.25, -0.2) is 27.4 Å². The molecule has 1 aromatic heterocycles. The van der Waals surface area contributed by atoms with Crippen molar-refractivity contribution in [3.63, 3.8) is 0 Å². The van der Waals surface area contributed by atoms with E-state index in [1.807, 2.05) is 20.8 Å². The van der Waals surface area contributed by atoms with Crippen molar-refractivity contribution in [2.24, 2.45) is 11.1 Å². The minimum atomic E-state index is -1.59. The van der Waals surface area contributed by atoms with Crippen LogP contribution in [0, 0.1) is 23.4 Å². The molecule has 0 saturated carbocycles. The van der Waals surface area contributed by atoms with Crippen LogP contribution < -0.4 is 0 Å². The molecule has 3 saturated heterocycles. The van der Waals surface area contributed by atoms with Crippen LogP contribution in [-0.2, 0) is 38.1 Å². The van der Waals surface area contributed by atoms with E-state index < -0.39 is 78.0 Å². The van der Waals surface area contributed by atoms with Crippen molar-refractivity contribution in [1.29, 1.82) is 0 Å². The number of oxime groups is 1. The second kappa shape index (κ2) is 14.7. The van der Waals surface area contributed by atoms with Gasteiger partial charge >= 0.3 is 12.1 Å². The number of likely N-dealkylation sites (tertiary alicyclic amines) is 1. The number of amides is 1. The van der Waals surface area contributed by atoms with Gasteiger partial charge in [0.15, 0.2) is 23.2 Å². The molecule has 1 unspecified atom stereocenters. The van der Waals surface area contributed by atoms with Crippen LogP contribution in [0.2, 0.25) is 0 Å². The maximum atomic E-state index is 14.1. The molecule has 0 spiro atoms. The van der Waals surface area contributed by atoms with Crippen LogP contribution >= 0.6 is 0 Å². The Morgan fingerprint density at radius 1 is 1.10 bits per heavy atom. The van der Waals surface area contributed by atoms with Crippen molar-refractivity contribution in [2.75, 3.05) is 33.4 Å². The maximum absolute atomic E-state index is 14.1. The summed E-state index contributed by atoms with van der Waals surface area (Å²) in [6.07, 6.45) is 0.0481. The number of fused-ring (bicyclic) bond motifs is 1. The number of benzene rings is 1. The van der Waals surface area contributed by atoms with Gasteiger partial charge in [0.2, 0.25) is 0 Å². The van der Waals surface area contributed by atoms with Gasteiger partial charge in [0.05, 0.1) is 31.7 Å². The van der Waals surface area contributed by atoms with Crippen LogP contribution in [0.5, 0.6) is 0 Å². The normalized spacial score (nSPS) is 28.1. The highest BCUT2D eigenvalue weighted by atomic mass is 19.2. The van der Waals surface area contributed by atoms with Crippen LogP contribution in [0.3, 0.4) is 0 Å². The topological polar surface area (TPSA) is 145 Å². The van der Waals surface area contributed by atoms with Crippen molar-refractivity contribution < 1.29 is 56.0 Å². The molecular formula is C34H44F3N5O9. The van der Waals surface area contributed by atoms with Gasteiger partial charge < -0.3 is 38.2 Å². The van der Waals surface area contributed by atoms with Crippen molar-refractivity contribution in [3.05, 3.63) is 35.8 Å². The number of hydrogen-bond acceptors (Lipinski definition) is 12. The number of ether oxygens (including phenoxy) is 6. The number of carbonyl (C=O) groups excluding carboxylic acids is 2. The second-order valence-corrected chi connectivity index (χ2v) is 14.7. The lowest BCUT2D eigenvalue weighted by atomic mass is 9.86. The first-order chi connectivity index (χ1) is 24.1. The van der Waals surface area contributed by atoms with Crippen LogP contribution in [0.25, 0.3) is 11.3 Å². The SMILES string of the molecule is COC(=O)CO[C@@H]1[C@@H](n2cc(-c3cc(F)c(F)c(F)c3)nn2)[C@H]2OC(C)(C)OC[C@H]2O[C@@H]1CC1CC(C2CCN(C(=O)OC(C)(C)C)CC2)=NO1. The Morgan fingerprint density at radius 3 is 2.47 bits per heavy atom. The summed E-state index contributed by atoms with van der Waals surface area (Å²) in [6, 6.07) is 0.882. The number of aromatic nitrogens is 3. The number of methoxy groups -OCH3 is 1. The number of carbonyl (C=O) groups is 2. The summed E-state index contributed by atoms with van der Waals surface area (Å²) in [5.74, 6) is -5.85. The van der Waals surface area contributed by atoms with Crippen LogP contribution in [0.4, 0.5) is 18.0 Å². The summed E-state index contributed by atoms with van der Waals surface area (Å²) in [7, 11) is 1.24. The molecule has 17 heteroatoms. The lowest BCUT2D eigenvalue weighted by Crippen LogP contribution is -2.63. The summed E-state index contributed by atoms with van der Waals surface area (Å²) in [5.41, 5.74) is 0.360. The molecule has 2 aromatic rings. The predicted molar refractivity (Wildman–Crippen MR) is 172 cm³/mol. The van der Waals surface area contributed by atoms with Crippen LogP contribution in [0.1, 0.15) is 66.3 Å². The van der Waals surface area contributed by atoms with E-state index in [1.54, 1.807) is 18.7 Å². The van der Waals surface area contributed by atoms with E-state index in [0.717, 1.165) is 17.8 Å². The molecule has 0 radical (unpaired) electrons. The lowest BCUT2D eigenvalue weighted by molar-refractivity contribution is -0.352. The van der Waals surface area contributed by atoms with Gasteiger partial charge in [-0.1, -0.05) is 10.4 Å². The first-order valence-corrected chi connectivity index (χ1v) is 17.0. The molecule has 0 bridgehead atoms. The van der Waals surface area contributed by atoms with Gasteiger partial charge in [-0.3, -0.25) is 0 Å². The average Bonchev–Trinajstić information content (AvgIpc) is 3.75. The molecule has 0 N–H and O–H groups in total. The summed E-state index contributed by atoms with van der Waals surface area (Å²) in [6.45, 7) is 9.82. The van der Waals surface area contributed by atoms with Gasteiger partial charge in [0, 0.05) is 37.4 Å². The van der Waals surface area contributed by atoms with E-state index in [-0.39, 0.29) is 29.9 Å². The van der Waals surface area contributed by atoms with Crippen molar-refractivity contribution in [3.8, 4) is 11.3 Å². The van der Waals surface area contributed by atoms with Crippen molar-refractivity contribution in [2.45, 2.75) is 108 Å². The number of rotatable bonds is 8. The number of nitrogens with zero attached hydrogens (tertiary/aromatic N) is 5. The van der Waals surface area contributed by atoms with E-state index in [9.17, 15) is 22.8 Å². The average molecular weight is 724 g/mol. The van der Waals surface area contributed by atoms with Gasteiger partial charge in [-0.15, -0.1) is 5.10 Å². The fourth-order valence-electron chi connectivity index (χ4n) is 6.91. The van der Waals surface area contributed by atoms with E-state index in [1.165, 1.54) is 18.0 Å². The van der Waals surface area contributed by atoms with E-state index in [4.69, 9.17) is 33.3 Å². The zero-order valence-electron chi connectivity index (χ0n) is 29.5. The monoisotopic (exact) mass is 723 g/mol. The number of halogens is 3. The van der Waals surface area contributed by atoms with E-state index >= 15 is 0 Å². The van der Waals surface area contributed by atoms with Crippen molar-refractivity contribution in [1.82, 2.24) is 19.9 Å². The summed E-state index contributed by atoms with van der Waals surface area (Å²) in [4.78, 5) is 32.5. The zero-order chi connectivity index (χ0) is 36.7. The molecule has 280 valence electrons. The molecular weight excluding hydrogens is 679 g/mol. The minimum absolute atomic E-state index is 0.0287. The smallest absolute Gasteiger partial charge is 0.410 e. The molecule has 6 rings (SSSR count). The molecule has 0 aliphatic carbocycles. The Labute approximate surface area is 293 Å². The highest BCUT2D eigenvalue weighted by Crippen LogP contribution is 2.42. The molecule has 4 aliphatic rings. The molecule has 6 atom stereocenters. The summed E-state index contributed by atoms with van der Waals surface area (Å²) >= 11 is 0. The third kappa shape index (κ3) is 8.47. The first kappa shape index (κ1) is 37.0.